The molecule has 21 heavy (non-hydrogen) atoms. The van der Waals surface area contributed by atoms with Crippen LogP contribution in [0.3, 0.4) is 0 Å². The lowest BCUT2D eigenvalue weighted by Crippen LogP contribution is -2.57. The molecule has 1 amide bonds. The normalized spacial score (nSPS) is 22.4. The predicted molar refractivity (Wildman–Crippen MR) is 85.7 cm³/mol. The van der Waals surface area contributed by atoms with Crippen molar-refractivity contribution in [1.82, 2.24) is 10.3 Å². The largest absolute Gasteiger partial charge is 0.365 e. The first-order valence-electron chi connectivity index (χ1n) is 7.75. The minimum atomic E-state index is -0.392. The Labute approximate surface area is 126 Å². The maximum Gasteiger partial charge on any atom is 0.252 e. The Morgan fingerprint density at radius 3 is 2.71 bits per heavy atom. The molecule has 1 aromatic rings. The van der Waals surface area contributed by atoms with E-state index in [0.29, 0.717) is 17.6 Å². The molecule has 1 aliphatic rings. The second kappa shape index (κ2) is 6.43. The van der Waals surface area contributed by atoms with Crippen LogP contribution < -0.4 is 16.0 Å². The smallest absolute Gasteiger partial charge is 0.252 e. The quantitative estimate of drug-likeness (QED) is 0.886. The molecule has 116 valence electrons. The first kappa shape index (κ1) is 15.8. The first-order valence-corrected chi connectivity index (χ1v) is 7.75. The molecular weight excluding hydrogens is 264 g/mol. The van der Waals surface area contributed by atoms with Crippen LogP contribution in [0.5, 0.6) is 0 Å². The van der Waals surface area contributed by atoms with Crippen molar-refractivity contribution >= 4 is 11.7 Å². The number of pyridine rings is 1. The van der Waals surface area contributed by atoms with Crippen molar-refractivity contribution in [2.45, 2.75) is 52.6 Å². The number of piperazine rings is 1. The van der Waals surface area contributed by atoms with Gasteiger partial charge in [-0.05, 0) is 38.3 Å². The van der Waals surface area contributed by atoms with Crippen LogP contribution in [-0.4, -0.2) is 36.1 Å². The zero-order chi connectivity index (χ0) is 15.6. The van der Waals surface area contributed by atoms with E-state index in [1.165, 1.54) is 0 Å². The average molecular weight is 290 g/mol. The lowest BCUT2D eigenvalue weighted by molar-refractivity contribution is 0.0999. The summed E-state index contributed by atoms with van der Waals surface area (Å²) in [7, 11) is 0. The number of carbonyl (C=O) groups is 1. The number of anilines is 1. The van der Waals surface area contributed by atoms with Gasteiger partial charge in [0.15, 0.2) is 0 Å². The first-order chi connectivity index (χ1) is 9.97. The molecule has 2 heterocycles. The van der Waals surface area contributed by atoms with E-state index in [9.17, 15) is 4.79 Å². The number of aromatic nitrogens is 1. The minimum absolute atomic E-state index is 0.347. The van der Waals surface area contributed by atoms with Crippen molar-refractivity contribution in [3.8, 4) is 0 Å². The van der Waals surface area contributed by atoms with Gasteiger partial charge < -0.3 is 16.0 Å². The van der Waals surface area contributed by atoms with Crippen molar-refractivity contribution in [3.63, 3.8) is 0 Å². The van der Waals surface area contributed by atoms with Crippen molar-refractivity contribution in [3.05, 3.63) is 22.9 Å². The van der Waals surface area contributed by atoms with Gasteiger partial charge >= 0.3 is 0 Å². The summed E-state index contributed by atoms with van der Waals surface area (Å²) in [5.74, 6) is 0.364. The topological polar surface area (TPSA) is 71.2 Å². The highest BCUT2D eigenvalue weighted by molar-refractivity contribution is 5.99. The molecule has 1 saturated heterocycles. The van der Waals surface area contributed by atoms with Gasteiger partial charge in [-0.2, -0.15) is 0 Å². The zero-order valence-electron chi connectivity index (χ0n) is 13.4. The number of hydrogen-bond donors (Lipinski definition) is 2. The molecule has 1 aromatic heterocycles. The molecule has 0 aromatic carbocycles. The monoisotopic (exact) mass is 290 g/mol. The number of nitrogens with one attached hydrogen (secondary N) is 1. The summed E-state index contributed by atoms with van der Waals surface area (Å²) in [6.07, 6.45) is 2.07. The molecule has 2 atom stereocenters. The molecule has 0 bridgehead atoms. The van der Waals surface area contributed by atoms with Crippen molar-refractivity contribution in [1.29, 1.82) is 0 Å². The second-order valence-electron chi connectivity index (χ2n) is 5.87. The number of carbonyl (C=O) groups excluding carboxylic acids is 1. The van der Waals surface area contributed by atoms with Gasteiger partial charge in [-0.25, -0.2) is 4.98 Å². The molecule has 5 nitrogen and oxygen atoms in total. The van der Waals surface area contributed by atoms with Crippen LogP contribution in [0.15, 0.2) is 6.07 Å². The van der Waals surface area contributed by atoms with Crippen LogP contribution >= 0.6 is 0 Å². The number of nitrogens with two attached hydrogens (primary N) is 1. The molecule has 2 unspecified atom stereocenters. The third-order valence-electron chi connectivity index (χ3n) is 4.31. The van der Waals surface area contributed by atoms with E-state index in [0.717, 1.165) is 43.0 Å². The van der Waals surface area contributed by atoms with Crippen LogP contribution in [0.4, 0.5) is 5.82 Å². The van der Waals surface area contributed by atoms with Crippen LogP contribution in [0.25, 0.3) is 0 Å². The van der Waals surface area contributed by atoms with Crippen LogP contribution in [0, 0.1) is 13.8 Å². The number of aryl methyl sites for hydroxylation is 2. The second-order valence-corrected chi connectivity index (χ2v) is 5.87. The lowest BCUT2D eigenvalue weighted by Gasteiger charge is -2.41. The third-order valence-corrected chi connectivity index (χ3v) is 4.31. The molecule has 0 aliphatic carbocycles. The fourth-order valence-corrected chi connectivity index (χ4v) is 3.09. The van der Waals surface area contributed by atoms with E-state index >= 15 is 0 Å². The molecule has 0 radical (unpaired) electrons. The number of hydrogen-bond acceptors (Lipinski definition) is 4. The van der Waals surface area contributed by atoms with Crippen LogP contribution in [0.1, 0.15) is 48.3 Å². The maximum absolute atomic E-state index is 11.9. The van der Waals surface area contributed by atoms with Gasteiger partial charge in [0, 0.05) is 30.9 Å². The number of rotatable bonds is 4. The Bertz CT molecular complexity index is 529. The molecule has 2 rings (SSSR count). The Balaban J connectivity index is 2.48. The Morgan fingerprint density at radius 1 is 1.43 bits per heavy atom. The summed E-state index contributed by atoms with van der Waals surface area (Å²) in [6.45, 7) is 10.0. The van der Waals surface area contributed by atoms with Crippen molar-refractivity contribution < 1.29 is 4.79 Å². The van der Waals surface area contributed by atoms with Crippen LogP contribution in [-0.2, 0) is 0 Å². The maximum atomic E-state index is 11.9. The van der Waals surface area contributed by atoms with Crippen LogP contribution in [0.2, 0.25) is 0 Å². The highest BCUT2D eigenvalue weighted by Gasteiger charge is 2.30. The number of nitrogens with zero attached hydrogens (tertiary/aromatic N) is 2. The summed E-state index contributed by atoms with van der Waals surface area (Å²) in [6, 6.07) is 2.69. The van der Waals surface area contributed by atoms with Crippen molar-refractivity contribution in [2.24, 2.45) is 5.73 Å². The Kier molecular flexibility index (Phi) is 4.83. The highest BCUT2D eigenvalue weighted by atomic mass is 16.1. The van der Waals surface area contributed by atoms with E-state index in [1.54, 1.807) is 0 Å². The van der Waals surface area contributed by atoms with Gasteiger partial charge in [0.05, 0.1) is 5.56 Å². The van der Waals surface area contributed by atoms with Gasteiger partial charge in [0.2, 0.25) is 0 Å². The Hall–Kier alpha value is -1.62. The molecule has 0 spiro atoms. The Morgan fingerprint density at radius 2 is 2.14 bits per heavy atom. The molecular formula is C16H26N4O. The van der Waals surface area contributed by atoms with Gasteiger partial charge in [-0.1, -0.05) is 13.8 Å². The van der Waals surface area contributed by atoms with Crippen molar-refractivity contribution in [2.75, 3.05) is 18.0 Å². The zero-order valence-corrected chi connectivity index (χ0v) is 13.4. The lowest BCUT2D eigenvalue weighted by atomic mass is 10.0. The summed E-state index contributed by atoms with van der Waals surface area (Å²) in [5.41, 5.74) is 8.00. The number of primary amides is 1. The summed E-state index contributed by atoms with van der Waals surface area (Å²) in [4.78, 5) is 18.8. The van der Waals surface area contributed by atoms with Gasteiger partial charge in [-0.3, -0.25) is 4.79 Å². The summed E-state index contributed by atoms with van der Waals surface area (Å²) >= 11 is 0. The SMILES string of the molecule is CCC1CN(c2nc(C)cc(C)c2C(N)=O)C(CC)CN1. The molecule has 1 fully saturated rings. The van der Waals surface area contributed by atoms with E-state index in [-0.39, 0.29) is 0 Å². The molecule has 1 aliphatic heterocycles. The van der Waals surface area contributed by atoms with E-state index < -0.39 is 5.91 Å². The van der Waals surface area contributed by atoms with Gasteiger partial charge in [0.1, 0.15) is 5.82 Å². The number of amides is 1. The molecule has 5 heteroatoms. The van der Waals surface area contributed by atoms with Gasteiger partial charge in [0.25, 0.3) is 5.91 Å². The average Bonchev–Trinajstić information content (AvgIpc) is 2.45. The fraction of sp³-hybridized carbons (Fsp3) is 0.625. The molecule has 0 saturated carbocycles. The summed E-state index contributed by atoms with van der Waals surface area (Å²) in [5, 5.41) is 3.56. The van der Waals surface area contributed by atoms with E-state index in [2.05, 4.69) is 29.0 Å². The fourth-order valence-electron chi connectivity index (χ4n) is 3.09. The molecule has 3 N–H and O–H groups in total. The minimum Gasteiger partial charge on any atom is -0.365 e. The standard InChI is InChI=1S/C16H26N4O/c1-5-12-9-20(13(6-2)8-18-12)16-14(15(17)21)10(3)7-11(4)19-16/h7,12-13,18H,5-6,8-9H2,1-4H3,(H2,17,21). The van der Waals surface area contributed by atoms with E-state index in [4.69, 9.17) is 5.73 Å². The predicted octanol–water partition coefficient (Wildman–Crippen LogP) is 1.76. The highest BCUT2D eigenvalue weighted by Crippen LogP contribution is 2.27. The van der Waals surface area contributed by atoms with E-state index in [1.807, 2.05) is 19.9 Å². The van der Waals surface area contributed by atoms with Gasteiger partial charge in [-0.15, -0.1) is 0 Å². The summed E-state index contributed by atoms with van der Waals surface area (Å²) < 4.78 is 0. The third kappa shape index (κ3) is 3.18.